The minimum atomic E-state index is 0.0829. The van der Waals surface area contributed by atoms with Crippen molar-refractivity contribution in [2.24, 2.45) is 0 Å². The molecule has 1 heterocycles. The third-order valence-electron chi connectivity index (χ3n) is 4.32. The van der Waals surface area contributed by atoms with E-state index in [1.54, 1.807) is 0 Å². The van der Waals surface area contributed by atoms with Crippen LogP contribution in [-0.2, 0) is 13.0 Å². The van der Waals surface area contributed by atoms with E-state index in [0.29, 0.717) is 6.61 Å². The Morgan fingerprint density at radius 2 is 1.64 bits per heavy atom. The van der Waals surface area contributed by atoms with Gasteiger partial charge in [-0.3, -0.25) is 0 Å². The zero-order valence-corrected chi connectivity index (χ0v) is 14.0. The zero-order valence-electron chi connectivity index (χ0n) is 14.0. The molecule has 0 saturated heterocycles. The molecular weight excluding hydrogens is 308 g/mol. The van der Waals surface area contributed by atoms with Crippen molar-refractivity contribution in [2.45, 2.75) is 19.1 Å². The first-order valence-electron chi connectivity index (χ1n) is 8.57. The van der Waals surface area contributed by atoms with E-state index in [2.05, 4.69) is 42.5 Å². The van der Waals surface area contributed by atoms with Crippen LogP contribution in [0.4, 0.5) is 0 Å². The highest BCUT2D eigenvalue weighted by atomic mass is 16.5. The highest BCUT2D eigenvalue weighted by molar-refractivity contribution is 5.58. The fraction of sp³-hybridized carbons (Fsp3) is 0.130. The van der Waals surface area contributed by atoms with Gasteiger partial charge in [-0.05, 0) is 29.3 Å². The van der Waals surface area contributed by atoms with E-state index in [1.165, 1.54) is 5.56 Å². The summed E-state index contributed by atoms with van der Waals surface area (Å²) in [4.78, 5) is 0. The summed E-state index contributed by atoms with van der Waals surface area (Å²) in [5.41, 5.74) is 3.50. The summed E-state index contributed by atoms with van der Waals surface area (Å²) < 4.78 is 12.0. The van der Waals surface area contributed by atoms with Crippen LogP contribution < -0.4 is 9.47 Å². The maximum Gasteiger partial charge on any atom is 0.127 e. The van der Waals surface area contributed by atoms with Gasteiger partial charge in [0.15, 0.2) is 0 Å². The minimum Gasteiger partial charge on any atom is -0.488 e. The van der Waals surface area contributed by atoms with Gasteiger partial charge in [0.05, 0.1) is 0 Å². The van der Waals surface area contributed by atoms with Gasteiger partial charge in [-0.2, -0.15) is 0 Å². The highest BCUT2D eigenvalue weighted by Crippen LogP contribution is 2.29. The van der Waals surface area contributed by atoms with Crippen molar-refractivity contribution in [3.05, 3.63) is 102 Å². The lowest BCUT2D eigenvalue weighted by Gasteiger charge is -2.10. The second-order valence-corrected chi connectivity index (χ2v) is 6.14. The Labute approximate surface area is 148 Å². The monoisotopic (exact) mass is 328 g/mol. The Bertz CT molecular complexity index is 843. The van der Waals surface area contributed by atoms with Crippen LogP contribution in [0.25, 0.3) is 6.08 Å². The van der Waals surface area contributed by atoms with Gasteiger partial charge in [-0.25, -0.2) is 0 Å². The van der Waals surface area contributed by atoms with Crippen LogP contribution in [-0.4, -0.2) is 6.10 Å². The second-order valence-electron chi connectivity index (χ2n) is 6.14. The van der Waals surface area contributed by atoms with Crippen molar-refractivity contribution in [1.82, 2.24) is 0 Å². The molecule has 0 aromatic heterocycles. The lowest BCUT2D eigenvalue weighted by Crippen LogP contribution is -2.08. The van der Waals surface area contributed by atoms with Gasteiger partial charge in [-0.1, -0.05) is 72.8 Å². The average molecular weight is 328 g/mol. The molecule has 2 nitrogen and oxygen atoms in total. The third-order valence-corrected chi connectivity index (χ3v) is 4.32. The van der Waals surface area contributed by atoms with Crippen molar-refractivity contribution in [3.8, 4) is 11.5 Å². The molecule has 0 bridgehead atoms. The lowest BCUT2D eigenvalue weighted by molar-refractivity contribution is 0.284. The van der Waals surface area contributed by atoms with Crippen LogP contribution in [0.1, 0.15) is 16.7 Å². The Kier molecular flexibility index (Phi) is 4.51. The molecule has 25 heavy (non-hydrogen) atoms. The van der Waals surface area contributed by atoms with E-state index in [9.17, 15) is 0 Å². The van der Waals surface area contributed by atoms with Gasteiger partial charge in [-0.15, -0.1) is 0 Å². The molecule has 0 fully saturated rings. The lowest BCUT2D eigenvalue weighted by atomic mass is 10.1. The first-order chi connectivity index (χ1) is 12.4. The molecule has 1 unspecified atom stereocenters. The van der Waals surface area contributed by atoms with Crippen molar-refractivity contribution in [1.29, 1.82) is 0 Å². The number of para-hydroxylation sites is 2. The standard InChI is InChI=1S/C23H20O2/c1-2-8-18(9-3-1)17-24-22-12-6-4-10-19(22)14-15-21-16-20-11-5-7-13-23(20)25-21/h1-15,21H,16-17H2/b15-14+. The summed E-state index contributed by atoms with van der Waals surface area (Å²) in [6, 6.07) is 26.5. The molecule has 0 aliphatic carbocycles. The Balaban J connectivity index is 1.44. The summed E-state index contributed by atoms with van der Waals surface area (Å²) >= 11 is 0. The van der Waals surface area contributed by atoms with Crippen LogP contribution in [0, 0.1) is 0 Å². The second kappa shape index (κ2) is 7.27. The number of benzene rings is 3. The van der Waals surface area contributed by atoms with Crippen LogP contribution >= 0.6 is 0 Å². The number of hydrogen-bond acceptors (Lipinski definition) is 2. The van der Waals surface area contributed by atoms with E-state index in [1.807, 2.05) is 48.5 Å². The first kappa shape index (κ1) is 15.5. The maximum atomic E-state index is 6.01. The largest absolute Gasteiger partial charge is 0.488 e. The van der Waals surface area contributed by atoms with E-state index < -0.39 is 0 Å². The SMILES string of the molecule is C(=C\C1Cc2ccccc2O1)/c1ccccc1OCc1ccccc1. The predicted octanol–water partition coefficient (Wildman–Crippen LogP) is 5.28. The molecule has 0 radical (unpaired) electrons. The molecule has 3 aromatic carbocycles. The van der Waals surface area contributed by atoms with Crippen molar-refractivity contribution in [2.75, 3.05) is 0 Å². The zero-order chi connectivity index (χ0) is 16.9. The molecular formula is C23H20O2. The van der Waals surface area contributed by atoms with Gasteiger partial charge in [0.1, 0.15) is 24.2 Å². The first-order valence-corrected chi connectivity index (χ1v) is 8.57. The Morgan fingerprint density at radius 3 is 2.52 bits per heavy atom. The highest BCUT2D eigenvalue weighted by Gasteiger charge is 2.19. The fourth-order valence-corrected chi connectivity index (χ4v) is 3.01. The normalized spacial score (nSPS) is 15.8. The molecule has 2 heteroatoms. The number of fused-ring (bicyclic) bond motifs is 1. The Morgan fingerprint density at radius 1 is 0.880 bits per heavy atom. The molecule has 0 N–H and O–H groups in total. The van der Waals surface area contributed by atoms with Crippen LogP contribution in [0.3, 0.4) is 0 Å². The quantitative estimate of drug-likeness (QED) is 0.634. The number of ether oxygens (including phenoxy) is 2. The number of hydrogen-bond donors (Lipinski definition) is 0. The van der Waals surface area contributed by atoms with Gasteiger partial charge < -0.3 is 9.47 Å². The summed E-state index contributed by atoms with van der Waals surface area (Å²) in [6.07, 6.45) is 5.21. The van der Waals surface area contributed by atoms with Crippen molar-refractivity contribution < 1.29 is 9.47 Å². The molecule has 3 aromatic rings. The Hall–Kier alpha value is -3.00. The summed E-state index contributed by atoms with van der Waals surface area (Å²) in [5, 5.41) is 0. The molecule has 124 valence electrons. The topological polar surface area (TPSA) is 18.5 Å². The smallest absolute Gasteiger partial charge is 0.127 e. The number of rotatable bonds is 5. The van der Waals surface area contributed by atoms with E-state index in [4.69, 9.17) is 9.47 Å². The summed E-state index contributed by atoms with van der Waals surface area (Å²) in [7, 11) is 0. The van der Waals surface area contributed by atoms with Crippen LogP contribution in [0.5, 0.6) is 11.5 Å². The van der Waals surface area contributed by atoms with Crippen molar-refractivity contribution in [3.63, 3.8) is 0 Å². The minimum absolute atomic E-state index is 0.0829. The molecule has 1 aliphatic heterocycles. The third kappa shape index (κ3) is 3.74. The molecule has 0 amide bonds. The molecule has 1 aliphatic rings. The van der Waals surface area contributed by atoms with Crippen LogP contribution in [0.2, 0.25) is 0 Å². The van der Waals surface area contributed by atoms with Gasteiger partial charge in [0.25, 0.3) is 0 Å². The molecule has 4 rings (SSSR count). The van der Waals surface area contributed by atoms with E-state index in [-0.39, 0.29) is 6.10 Å². The van der Waals surface area contributed by atoms with Gasteiger partial charge >= 0.3 is 0 Å². The fourth-order valence-electron chi connectivity index (χ4n) is 3.01. The van der Waals surface area contributed by atoms with Gasteiger partial charge in [0.2, 0.25) is 0 Å². The molecule has 0 saturated carbocycles. The summed E-state index contributed by atoms with van der Waals surface area (Å²) in [6.45, 7) is 0.567. The predicted molar refractivity (Wildman–Crippen MR) is 101 cm³/mol. The maximum absolute atomic E-state index is 6.01. The van der Waals surface area contributed by atoms with Crippen LogP contribution in [0.15, 0.2) is 84.9 Å². The summed E-state index contributed by atoms with van der Waals surface area (Å²) in [5.74, 6) is 1.88. The molecule has 0 spiro atoms. The van der Waals surface area contributed by atoms with Gasteiger partial charge in [0, 0.05) is 12.0 Å². The average Bonchev–Trinajstić information content (AvgIpc) is 3.09. The molecule has 1 atom stereocenters. The van der Waals surface area contributed by atoms with E-state index >= 15 is 0 Å². The van der Waals surface area contributed by atoms with Crippen molar-refractivity contribution >= 4 is 6.08 Å². The van der Waals surface area contributed by atoms with E-state index in [0.717, 1.165) is 29.0 Å².